The van der Waals surface area contributed by atoms with E-state index in [1.54, 1.807) is 4.90 Å². The van der Waals surface area contributed by atoms with Crippen molar-refractivity contribution in [1.29, 1.82) is 0 Å². The Kier molecular flexibility index (Phi) is 5.20. The van der Waals surface area contributed by atoms with Crippen LogP contribution in [0, 0.1) is 5.92 Å². The molecule has 1 saturated carbocycles. The van der Waals surface area contributed by atoms with Gasteiger partial charge in [0.05, 0.1) is 0 Å². The largest absolute Gasteiger partial charge is 0.480 e. The van der Waals surface area contributed by atoms with E-state index in [2.05, 4.69) is 5.32 Å². The zero-order valence-corrected chi connectivity index (χ0v) is 12.3. The summed E-state index contributed by atoms with van der Waals surface area (Å²) in [7, 11) is 0. The van der Waals surface area contributed by atoms with E-state index in [0.29, 0.717) is 18.9 Å². The van der Waals surface area contributed by atoms with E-state index in [-0.39, 0.29) is 6.03 Å². The van der Waals surface area contributed by atoms with Gasteiger partial charge in [0.1, 0.15) is 6.04 Å². The second kappa shape index (κ2) is 7.11. The molecule has 2 rings (SSSR count). The number of nitrogens with zero attached hydrogens (tertiary/aromatic N) is 1. The fraction of sp³-hybridized carbons (Fsp3) is 0.500. The van der Waals surface area contributed by atoms with Crippen LogP contribution in [0.2, 0.25) is 0 Å². The number of carboxylic acid groups (broad SMARTS) is 1. The number of benzene rings is 1. The van der Waals surface area contributed by atoms with Crippen LogP contribution in [0.1, 0.15) is 25.3 Å². The van der Waals surface area contributed by atoms with Gasteiger partial charge >= 0.3 is 12.0 Å². The standard InChI is InChI=1S/C16H22N2O3/c1-2-18(11-13-8-9-13)16(21)17-14(15(19)20)10-12-6-4-3-5-7-12/h3-7,13-14H,2,8-11H2,1H3,(H,17,21)(H,19,20)/t14-/m1/s1. The Morgan fingerprint density at radius 3 is 2.52 bits per heavy atom. The van der Waals surface area contributed by atoms with Crippen LogP contribution < -0.4 is 5.32 Å². The highest BCUT2D eigenvalue weighted by molar-refractivity contribution is 5.82. The predicted molar refractivity (Wildman–Crippen MR) is 80.1 cm³/mol. The lowest BCUT2D eigenvalue weighted by Crippen LogP contribution is -2.49. The van der Waals surface area contributed by atoms with E-state index < -0.39 is 12.0 Å². The number of carbonyl (C=O) groups excluding carboxylic acids is 1. The summed E-state index contributed by atoms with van der Waals surface area (Å²) in [5.41, 5.74) is 0.899. The maximum absolute atomic E-state index is 12.2. The lowest BCUT2D eigenvalue weighted by Gasteiger charge is -2.24. The third-order valence-corrected chi connectivity index (χ3v) is 3.72. The predicted octanol–water partition coefficient (Wildman–Crippen LogP) is 2.12. The van der Waals surface area contributed by atoms with Crippen LogP contribution in [-0.4, -0.2) is 41.1 Å². The summed E-state index contributed by atoms with van der Waals surface area (Å²) in [4.78, 5) is 25.2. The summed E-state index contributed by atoms with van der Waals surface area (Å²) in [5, 5.41) is 11.9. The van der Waals surface area contributed by atoms with Crippen molar-refractivity contribution in [3.63, 3.8) is 0 Å². The van der Waals surface area contributed by atoms with Crippen LogP contribution in [0.3, 0.4) is 0 Å². The van der Waals surface area contributed by atoms with Crippen molar-refractivity contribution in [2.75, 3.05) is 13.1 Å². The van der Waals surface area contributed by atoms with Gasteiger partial charge in [-0.25, -0.2) is 9.59 Å². The number of nitrogens with one attached hydrogen (secondary N) is 1. The van der Waals surface area contributed by atoms with Gasteiger partial charge in [-0.3, -0.25) is 0 Å². The quantitative estimate of drug-likeness (QED) is 0.808. The molecule has 5 nitrogen and oxygen atoms in total. The fourth-order valence-electron chi connectivity index (χ4n) is 2.26. The van der Waals surface area contributed by atoms with Gasteiger partial charge in [0.25, 0.3) is 0 Å². The van der Waals surface area contributed by atoms with E-state index in [1.165, 1.54) is 0 Å². The Labute approximate surface area is 125 Å². The molecule has 1 fully saturated rings. The maximum atomic E-state index is 12.2. The van der Waals surface area contributed by atoms with Crippen LogP contribution in [-0.2, 0) is 11.2 Å². The number of hydrogen-bond acceptors (Lipinski definition) is 2. The minimum atomic E-state index is -1.00. The molecule has 1 atom stereocenters. The molecule has 2 amide bonds. The van der Waals surface area contributed by atoms with Gasteiger partial charge in [-0.1, -0.05) is 30.3 Å². The molecule has 0 heterocycles. The van der Waals surface area contributed by atoms with Crippen LogP contribution in [0.5, 0.6) is 0 Å². The van der Waals surface area contributed by atoms with Gasteiger partial charge < -0.3 is 15.3 Å². The average molecular weight is 290 g/mol. The smallest absolute Gasteiger partial charge is 0.326 e. The van der Waals surface area contributed by atoms with Crippen LogP contribution in [0.25, 0.3) is 0 Å². The first-order valence-corrected chi connectivity index (χ1v) is 7.42. The first kappa shape index (κ1) is 15.4. The Morgan fingerprint density at radius 1 is 1.33 bits per heavy atom. The number of amides is 2. The summed E-state index contributed by atoms with van der Waals surface area (Å²) in [6.07, 6.45) is 2.62. The van der Waals surface area contributed by atoms with E-state index in [1.807, 2.05) is 37.3 Å². The number of rotatable bonds is 7. The molecule has 21 heavy (non-hydrogen) atoms. The van der Waals surface area contributed by atoms with Gasteiger partial charge in [-0.05, 0) is 31.2 Å². The first-order valence-electron chi connectivity index (χ1n) is 7.42. The minimum absolute atomic E-state index is 0.285. The molecule has 1 aromatic rings. The van der Waals surface area contributed by atoms with Crippen molar-refractivity contribution in [2.45, 2.75) is 32.2 Å². The number of hydrogen-bond donors (Lipinski definition) is 2. The van der Waals surface area contributed by atoms with Gasteiger partial charge in [0.2, 0.25) is 0 Å². The summed E-state index contributed by atoms with van der Waals surface area (Å²) >= 11 is 0. The number of carbonyl (C=O) groups is 2. The average Bonchev–Trinajstić information content (AvgIpc) is 3.29. The molecule has 0 unspecified atom stereocenters. The highest BCUT2D eigenvalue weighted by Crippen LogP contribution is 2.29. The second-order valence-corrected chi connectivity index (χ2v) is 5.51. The molecular formula is C16H22N2O3. The highest BCUT2D eigenvalue weighted by atomic mass is 16.4. The summed E-state index contributed by atoms with van der Waals surface area (Å²) in [6, 6.07) is 8.16. The molecule has 0 radical (unpaired) electrons. The SMILES string of the molecule is CCN(CC1CC1)C(=O)N[C@H](Cc1ccccc1)C(=O)O. The molecule has 114 valence electrons. The van der Waals surface area contributed by atoms with Crippen molar-refractivity contribution in [2.24, 2.45) is 5.92 Å². The number of carboxylic acids is 1. The van der Waals surface area contributed by atoms with E-state index in [4.69, 9.17) is 0 Å². The summed E-state index contributed by atoms with van der Waals surface area (Å²) in [6.45, 7) is 3.23. The van der Waals surface area contributed by atoms with Crippen LogP contribution in [0.4, 0.5) is 4.79 Å². The van der Waals surface area contributed by atoms with Crippen molar-refractivity contribution in [3.05, 3.63) is 35.9 Å². The molecule has 0 saturated heterocycles. The van der Waals surface area contributed by atoms with E-state index in [9.17, 15) is 14.7 Å². The van der Waals surface area contributed by atoms with Crippen molar-refractivity contribution >= 4 is 12.0 Å². The summed E-state index contributed by atoms with van der Waals surface area (Å²) in [5.74, 6) is -0.414. The molecule has 0 spiro atoms. The van der Waals surface area contributed by atoms with Gasteiger partial charge in [-0.15, -0.1) is 0 Å². The summed E-state index contributed by atoms with van der Waals surface area (Å²) < 4.78 is 0. The first-order chi connectivity index (χ1) is 10.1. The van der Waals surface area contributed by atoms with Crippen molar-refractivity contribution in [3.8, 4) is 0 Å². The number of urea groups is 1. The molecular weight excluding hydrogens is 268 g/mol. The normalized spacial score (nSPS) is 15.3. The molecule has 2 N–H and O–H groups in total. The Balaban J connectivity index is 1.94. The van der Waals surface area contributed by atoms with Gasteiger partial charge in [-0.2, -0.15) is 0 Å². The third-order valence-electron chi connectivity index (χ3n) is 3.72. The molecule has 0 aliphatic heterocycles. The lowest BCUT2D eigenvalue weighted by molar-refractivity contribution is -0.139. The van der Waals surface area contributed by atoms with Gasteiger partial charge in [0.15, 0.2) is 0 Å². The Morgan fingerprint density at radius 2 is 2.00 bits per heavy atom. The minimum Gasteiger partial charge on any atom is -0.480 e. The van der Waals surface area contributed by atoms with Crippen LogP contribution >= 0.6 is 0 Å². The molecule has 0 bridgehead atoms. The molecule has 0 aromatic heterocycles. The third kappa shape index (κ3) is 4.77. The fourth-order valence-corrected chi connectivity index (χ4v) is 2.26. The molecule has 1 aromatic carbocycles. The lowest BCUT2D eigenvalue weighted by atomic mass is 10.1. The molecule has 1 aliphatic rings. The second-order valence-electron chi connectivity index (χ2n) is 5.51. The zero-order valence-electron chi connectivity index (χ0n) is 12.3. The van der Waals surface area contributed by atoms with Crippen LogP contribution in [0.15, 0.2) is 30.3 Å². The molecule has 5 heteroatoms. The Hall–Kier alpha value is -2.04. The van der Waals surface area contributed by atoms with E-state index in [0.717, 1.165) is 24.9 Å². The highest BCUT2D eigenvalue weighted by Gasteiger charge is 2.28. The monoisotopic (exact) mass is 290 g/mol. The van der Waals surface area contributed by atoms with E-state index >= 15 is 0 Å². The van der Waals surface area contributed by atoms with Gasteiger partial charge in [0, 0.05) is 19.5 Å². The topological polar surface area (TPSA) is 69.6 Å². The molecule has 1 aliphatic carbocycles. The maximum Gasteiger partial charge on any atom is 0.326 e. The zero-order chi connectivity index (χ0) is 15.2. The van der Waals surface area contributed by atoms with Crippen molar-refractivity contribution < 1.29 is 14.7 Å². The van der Waals surface area contributed by atoms with Crippen molar-refractivity contribution in [1.82, 2.24) is 10.2 Å². The number of aliphatic carboxylic acids is 1. The Bertz CT molecular complexity index is 486.